The van der Waals surface area contributed by atoms with E-state index in [1.54, 1.807) is 6.92 Å². The standard InChI is InChI=1S/C7H12F4/c1-3-4-5-7(10,11)6(2,8)9/h3-5H2,1-2H3. The van der Waals surface area contributed by atoms with Gasteiger partial charge in [-0.2, -0.15) is 8.78 Å². The fourth-order valence-corrected chi connectivity index (χ4v) is 0.618. The third-order valence-electron chi connectivity index (χ3n) is 1.49. The zero-order valence-electron chi connectivity index (χ0n) is 6.63. The van der Waals surface area contributed by atoms with Gasteiger partial charge in [0.25, 0.3) is 0 Å². The number of rotatable bonds is 4. The molecule has 0 saturated carbocycles. The minimum atomic E-state index is -3.89. The first-order chi connectivity index (χ1) is 4.81. The number of alkyl halides is 4. The van der Waals surface area contributed by atoms with Crippen molar-refractivity contribution < 1.29 is 17.6 Å². The van der Waals surface area contributed by atoms with Gasteiger partial charge in [-0.05, 0) is 6.42 Å². The van der Waals surface area contributed by atoms with Crippen molar-refractivity contribution in [3.05, 3.63) is 0 Å². The maximum absolute atomic E-state index is 12.4. The molecule has 11 heavy (non-hydrogen) atoms. The molecule has 4 heteroatoms. The molecule has 0 heterocycles. The maximum Gasteiger partial charge on any atom is 0.309 e. The highest BCUT2D eigenvalue weighted by atomic mass is 19.3. The van der Waals surface area contributed by atoms with Gasteiger partial charge in [0.05, 0.1) is 0 Å². The third-order valence-corrected chi connectivity index (χ3v) is 1.49. The van der Waals surface area contributed by atoms with Crippen LogP contribution in [0.3, 0.4) is 0 Å². The van der Waals surface area contributed by atoms with Crippen molar-refractivity contribution in [2.24, 2.45) is 0 Å². The zero-order valence-corrected chi connectivity index (χ0v) is 6.63. The highest BCUT2D eigenvalue weighted by molar-refractivity contribution is 4.79. The summed E-state index contributed by atoms with van der Waals surface area (Å²) >= 11 is 0. The van der Waals surface area contributed by atoms with Gasteiger partial charge >= 0.3 is 11.8 Å². The molecule has 0 amide bonds. The van der Waals surface area contributed by atoms with Crippen LogP contribution in [0.15, 0.2) is 0 Å². The van der Waals surface area contributed by atoms with Gasteiger partial charge in [-0.25, -0.2) is 8.78 Å². The summed E-state index contributed by atoms with van der Waals surface area (Å²) in [7, 11) is 0. The fourth-order valence-electron chi connectivity index (χ4n) is 0.618. The minimum absolute atomic E-state index is 0.135. The monoisotopic (exact) mass is 172 g/mol. The Morgan fingerprint density at radius 2 is 1.55 bits per heavy atom. The molecular weight excluding hydrogens is 160 g/mol. The second kappa shape index (κ2) is 3.41. The molecule has 0 aliphatic rings. The van der Waals surface area contributed by atoms with Crippen molar-refractivity contribution in [3.8, 4) is 0 Å². The number of halogens is 4. The summed E-state index contributed by atoms with van der Waals surface area (Å²) in [5, 5.41) is 0. The molecule has 0 atom stereocenters. The minimum Gasteiger partial charge on any atom is -0.200 e. The summed E-state index contributed by atoms with van der Waals surface area (Å²) in [5.41, 5.74) is 0. The topological polar surface area (TPSA) is 0 Å². The quantitative estimate of drug-likeness (QED) is 0.569. The highest BCUT2D eigenvalue weighted by Gasteiger charge is 2.50. The second-order valence-electron chi connectivity index (χ2n) is 2.70. The van der Waals surface area contributed by atoms with E-state index in [4.69, 9.17) is 0 Å². The van der Waals surface area contributed by atoms with Gasteiger partial charge < -0.3 is 0 Å². The molecule has 0 unspecified atom stereocenters. The van der Waals surface area contributed by atoms with Crippen LogP contribution in [0.25, 0.3) is 0 Å². The summed E-state index contributed by atoms with van der Waals surface area (Å²) in [6.07, 6.45) is -0.0882. The van der Waals surface area contributed by atoms with Crippen molar-refractivity contribution in [2.45, 2.75) is 45.0 Å². The van der Waals surface area contributed by atoms with Crippen LogP contribution in [0.5, 0.6) is 0 Å². The van der Waals surface area contributed by atoms with Crippen molar-refractivity contribution >= 4 is 0 Å². The van der Waals surface area contributed by atoms with E-state index in [1.807, 2.05) is 0 Å². The molecule has 0 aromatic carbocycles. The molecule has 68 valence electrons. The average molecular weight is 172 g/mol. The van der Waals surface area contributed by atoms with Gasteiger partial charge in [0.15, 0.2) is 0 Å². The molecule has 0 aliphatic heterocycles. The Kier molecular flexibility index (Phi) is 3.32. The summed E-state index contributed by atoms with van der Waals surface area (Å²) in [4.78, 5) is 0. The smallest absolute Gasteiger partial charge is 0.200 e. The van der Waals surface area contributed by atoms with E-state index in [0.29, 0.717) is 6.42 Å². The van der Waals surface area contributed by atoms with Crippen LogP contribution in [0.2, 0.25) is 0 Å². The molecular formula is C7H12F4. The Bertz CT molecular complexity index is 114. The molecule has 0 fully saturated rings. The van der Waals surface area contributed by atoms with Crippen LogP contribution in [0, 0.1) is 0 Å². The van der Waals surface area contributed by atoms with E-state index in [1.165, 1.54) is 0 Å². The zero-order chi connectivity index (χ0) is 9.12. The Balaban J connectivity index is 4.00. The molecule has 0 nitrogen and oxygen atoms in total. The molecule has 0 spiro atoms. The van der Waals surface area contributed by atoms with Crippen LogP contribution < -0.4 is 0 Å². The largest absolute Gasteiger partial charge is 0.309 e. The Morgan fingerprint density at radius 1 is 1.09 bits per heavy atom. The second-order valence-corrected chi connectivity index (χ2v) is 2.70. The van der Waals surface area contributed by atoms with Gasteiger partial charge in [-0.3, -0.25) is 0 Å². The summed E-state index contributed by atoms with van der Waals surface area (Å²) in [6.45, 7) is 1.94. The molecule has 0 radical (unpaired) electrons. The van der Waals surface area contributed by atoms with E-state index >= 15 is 0 Å². The predicted octanol–water partition coefficient (Wildman–Crippen LogP) is 3.47. The van der Waals surface area contributed by atoms with Gasteiger partial charge in [-0.15, -0.1) is 0 Å². The lowest BCUT2D eigenvalue weighted by Crippen LogP contribution is -2.37. The molecule has 0 aromatic rings. The first kappa shape index (κ1) is 10.7. The van der Waals surface area contributed by atoms with Crippen LogP contribution in [0.1, 0.15) is 33.1 Å². The lowest BCUT2D eigenvalue weighted by atomic mass is 10.1. The fraction of sp³-hybridized carbons (Fsp3) is 1.00. The van der Waals surface area contributed by atoms with Gasteiger partial charge in [0, 0.05) is 13.3 Å². The Labute approximate surface area is 63.6 Å². The SMILES string of the molecule is CCCCC(F)(F)C(C)(F)F. The van der Waals surface area contributed by atoms with Crippen LogP contribution in [0.4, 0.5) is 17.6 Å². The lowest BCUT2D eigenvalue weighted by molar-refractivity contribution is -0.201. The molecule has 0 aromatic heterocycles. The summed E-state index contributed by atoms with van der Waals surface area (Å²) < 4.78 is 48.9. The predicted molar refractivity (Wildman–Crippen MR) is 35.1 cm³/mol. The van der Waals surface area contributed by atoms with Crippen molar-refractivity contribution in [1.82, 2.24) is 0 Å². The average Bonchev–Trinajstić information content (AvgIpc) is 1.81. The van der Waals surface area contributed by atoms with Crippen LogP contribution in [-0.2, 0) is 0 Å². The first-order valence-corrected chi connectivity index (χ1v) is 3.57. The molecule has 0 aliphatic carbocycles. The van der Waals surface area contributed by atoms with Crippen LogP contribution >= 0.6 is 0 Å². The number of unbranched alkanes of at least 4 members (excludes halogenated alkanes) is 1. The molecule has 0 rings (SSSR count). The molecule has 0 bridgehead atoms. The molecule has 0 saturated heterocycles. The summed E-state index contributed by atoms with van der Waals surface area (Å²) in [6, 6.07) is 0. The lowest BCUT2D eigenvalue weighted by Gasteiger charge is -2.22. The van der Waals surface area contributed by atoms with Gasteiger partial charge in [-0.1, -0.05) is 13.3 Å². The number of hydrogen-bond donors (Lipinski definition) is 0. The van der Waals surface area contributed by atoms with Gasteiger partial charge in [0.1, 0.15) is 0 Å². The van der Waals surface area contributed by atoms with E-state index in [2.05, 4.69) is 0 Å². The third kappa shape index (κ3) is 3.08. The van der Waals surface area contributed by atoms with E-state index in [0.717, 1.165) is 0 Å². The highest BCUT2D eigenvalue weighted by Crippen LogP contribution is 2.37. The van der Waals surface area contributed by atoms with Crippen LogP contribution in [-0.4, -0.2) is 11.8 Å². The molecule has 0 N–H and O–H groups in total. The van der Waals surface area contributed by atoms with Crippen molar-refractivity contribution in [3.63, 3.8) is 0 Å². The normalized spacial score (nSPS) is 13.6. The van der Waals surface area contributed by atoms with E-state index in [9.17, 15) is 17.6 Å². The first-order valence-electron chi connectivity index (χ1n) is 3.57. The van der Waals surface area contributed by atoms with Gasteiger partial charge in [0.2, 0.25) is 0 Å². The van der Waals surface area contributed by atoms with Crippen molar-refractivity contribution in [2.75, 3.05) is 0 Å². The Hall–Kier alpha value is -0.280. The summed E-state index contributed by atoms with van der Waals surface area (Å²) in [5.74, 6) is -7.73. The van der Waals surface area contributed by atoms with E-state index < -0.39 is 18.3 Å². The number of hydrogen-bond acceptors (Lipinski definition) is 0. The Morgan fingerprint density at radius 3 is 1.82 bits per heavy atom. The van der Waals surface area contributed by atoms with Crippen molar-refractivity contribution in [1.29, 1.82) is 0 Å². The maximum atomic E-state index is 12.4. The van der Waals surface area contributed by atoms with E-state index in [-0.39, 0.29) is 13.3 Å².